The highest BCUT2D eigenvalue weighted by Crippen LogP contribution is 2.10. The first-order valence-corrected chi connectivity index (χ1v) is 8.22. The quantitative estimate of drug-likeness (QED) is 0.339. The molecule has 3 N–H and O–H groups in total. The molecule has 134 valence electrons. The van der Waals surface area contributed by atoms with Crippen molar-refractivity contribution in [1.29, 1.82) is 0 Å². The molecule has 1 fully saturated rings. The van der Waals surface area contributed by atoms with Gasteiger partial charge in [-0.3, -0.25) is 4.79 Å². The monoisotopic (exact) mass is 446 g/mol. The highest BCUT2D eigenvalue weighted by Gasteiger charge is 2.15. The number of amides is 1. The Bertz CT molecular complexity index is 505. The van der Waals surface area contributed by atoms with Crippen LogP contribution in [0.5, 0.6) is 0 Å². The van der Waals surface area contributed by atoms with Gasteiger partial charge in [0.15, 0.2) is 5.96 Å². The van der Waals surface area contributed by atoms with Crippen molar-refractivity contribution in [2.24, 2.45) is 4.99 Å². The number of halogens is 1. The number of hydrogen-bond acceptors (Lipinski definition) is 3. The van der Waals surface area contributed by atoms with Gasteiger partial charge in [-0.25, -0.2) is 4.99 Å². The lowest BCUT2D eigenvalue weighted by molar-refractivity contribution is -0.119. The molecular formula is C17H27IN4O2. The molecule has 24 heavy (non-hydrogen) atoms. The number of benzene rings is 1. The SMILES string of the molecule is CCNC(=NCC(=O)NCc1ccccc1)NCC1CCCO1.I. The van der Waals surface area contributed by atoms with Gasteiger partial charge in [-0.05, 0) is 25.3 Å². The number of ether oxygens (including phenoxy) is 1. The average Bonchev–Trinajstić information content (AvgIpc) is 3.10. The van der Waals surface area contributed by atoms with Crippen LogP contribution >= 0.6 is 24.0 Å². The van der Waals surface area contributed by atoms with Crippen LogP contribution in [-0.2, 0) is 16.1 Å². The van der Waals surface area contributed by atoms with Crippen molar-refractivity contribution in [2.45, 2.75) is 32.4 Å². The van der Waals surface area contributed by atoms with Crippen molar-refractivity contribution in [3.8, 4) is 0 Å². The molecule has 1 heterocycles. The highest BCUT2D eigenvalue weighted by atomic mass is 127. The van der Waals surface area contributed by atoms with Crippen molar-refractivity contribution in [1.82, 2.24) is 16.0 Å². The summed E-state index contributed by atoms with van der Waals surface area (Å²) in [7, 11) is 0. The van der Waals surface area contributed by atoms with E-state index in [2.05, 4.69) is 20.9 Å². The van der Waals surface area contributed by atoms with Crippen LogP contribution in [0.3, 0.4) is 0 Å². The number of carbonyl (C=O) groups is 1. The van der Waals surface area contributed by atoms with E-state index >= 15 is 0 Å². The number of aliphatic imine (C=N–C) groups is 1. The van der Waals surface area contributed by atoms with Gasteiger partial charge in [-0.1, -0.05) is 30.3 Å². The third kappa shape index (κ3) is 7.96. The molecule has 0 bridgehead atoms. The minimum Gasteiger partial charge on any atom is -0.376 e. The molecule has 2 rings (SSSR count). The van der Waals surface area contributed by atoms with Crippen molar-refractivity contribution >= 4 is 35.8 Å². The minimum absolute atomic E-state index is 0. The summed E-state index contributed by atoms with van der Waals surface area (Å²) in [6.07, 6.45) is 2.43. The fraction of sp³-hybridized carbons (Fsp3) is 0.529. The Labute approximate surface area is 160 Å². The van der Waals surface area contributed by atoms with E-state index in [1.807, 2.05) is 37.3 Å². The van der Waals surface area contributed by atoms with Gasteiger partial charge >= 0.3 is 0 Å². The van der Waals surface area contributed by atoms with E-state index < -0.39 is 0 Å². The lowest BCUT2D eigenvalue weighted by Crippen LogP contribution is -2.41. The molecule has 1 unspecified atom stereocenters. The van der Waals surface area contributed by atoms with Gasteiger partial charge < -0.3 is 20.7 Å². The molecule has 1 amide bonds. The second-order valence-electron chi connectivity index (χ2n) is 5.47. The topological polar surface area (TPSA) is 74.8 Å². The maximum atomic E-state index is 11.9. The molecule has 0 aromatic heterocycles. The standard InChI is InChI=1S/C17H26N4O2.HI/c1-2-18-17(20-12-15-9-6-10-23-15)21-13-16(22)19-11-14-7-4-3-5-8-14;/h3-5,7-8,15H,2,6,9-13H2,1H3,(H,19,22)(H2,18,20,21);1H. The second kappa shape index (κ2) is 12.1. The molecule has 1 atom stereocenters. The number of nitrogens with one attached hydrogen (secondary N) is 3. The van der Waals surface area contributed by atoms with E-state index in [0.29, 0.717) is 12.5 Å². The molecule has 1 aromatic carbocycles. The Balaban J connectivity index is 0.00000288. The minimum atomic E-state index is -0.0943. The zero-order valence-corrected chi connectivity index (χ0v) is 16.4. The number of nitrogens with zero attached hydrogens (tertiary/aromatic N) is 1. The van der Waals surface area contributed by atoms with Gasteiger partial charge in [0.2, 0.25) is 5.91 Å². The maximum Gasteiger partial charge on any atom is 0.242 e. The maximum absolute atomic E-state index is 11.9. The Morgan fingerprint density at radius 1 is 1.25 bits per heavy atom. The molecule has 1 aliphatic heterocycles. The predicted molar refractivity (Wildman–Crippen MR) is 107 cm³/mol. The third-order valence-corrected chi connectivity index (χ3v) is 3.58. The van der Waals surface area contributed by atoms with Gasteiger partial charge in [0.05, 0.1) is 6.10 Å². The van der Waals surface area contributed by atoms with Gasteiger partial charge in [0.1, 0.15) is 6.54 Å². The molecular weight excluding hydrogens is 419 g/mol. The fourth-order valence-electron chi connectivity index (χ4n) is 2.36. The van der Waals surface area contributed by atoms with E-state index in [9.17, 15) is 4.79 Å². The Hall–Kier alpha value is -1.35. The molecule has 0 spiro atoms. The first-order chi connectivity index (χ1) is 11.3. The van der Waals surface area contributed by atoms with Gasteiger partial charge in [-0.2, -0.15) is 0 Å². The Kier molecular flexibility index (Phi) is 10.4. The molecule has 1 aliphatic rings. The lowest BCUT2D eigenvalue weighted by Gasteiger charge is -2.14. The lowest BCUT2D eigenvalue weighted by atomic mass is 10.2. The Morgan fingerprint density at radius 3 is 2.71 bits per heavy atom. The summed E-state index contributed by atoms with van der Waals surface area (Å²) in [5.41, 5.74) is 1.08. The van der Waals surface area contributed by atoms with Crippen molar-refractivity contribution in [3.05, 3.63) is 35.9 Å². The normalized spacial score (nSPS) is 17.0. The van der Waals surface area contributed by atoms with Crippen LogP contribution < -0.4 is 16.0 Å². The third-order valence-electron chi connectivity index (χ3n) is 3.58. The Morgan fingerprint density at radius 2 is 2.04 bits per heavy atom. The highest BCUT2D eigenvalue weighted by molar-refractivity contribution is 14.0. The first-order valence-electron chi connectivity index (χ1n) is 8.22. The largest absolute Gasteiger partial charge is 0.376 e. The molecule has 1 saturated heterocycles. The first kappa shape index (κ1) is 20.7. The summed E-state index contributed by atoms with van der Waals surface area (Å²) in [5.74, 6) is 0.557. The van der Waals surface area contributed by atoms with E-state index in [0.717, 1.165) is 38.1 Å². The van der Waals surface area contributed by atoms with Crippen molar-refractivity contribution in [3.63, 3.8) is 0 Å². The number of carbonyl (C=O) groups excluding carboxylic acids is 1. The average molecular weight is 446 g/mol. The van der Waals surface area contributed by atoms with Crippen LogP contribution in [0.15, 0.2) is 35.3 Å². The van der Waals surface area contributed by atoms with Crippen LogP contribution in [-0.4, -0.2) is 44.2 Å². The number of guanidine groups is 1. The van der Waals surface area contributed by atoms with Crippen molar-refractivity contribution in [2.75, 3.05) is 26.2 Å². The summed E-state index contributed by atoms with van der Waals surface area (Å²) in [6.45, 7) is 4.93. The summed E-state index contributed by atoms with van der Waals surface area (Å²) < 4.78 is 5.57. The van der Waals surface area contributed by atoms with Crippen LogP contribution in [0.2, 0.25) is 0 Å². The summed E-state index contributed by atoms with van der Waals surface area (Å²) in [6, 6.07) is 9.83. The van der Waals surface area contributed by atoms with E-state index in [4.69, 9.17) is 4.74 Å². The van der Waals surface area contributed by atoms with Crippen LogP contribution in [0.4, 0.5) is 0 Å². The van der Waals surface area contributed by atoms with Gasteiger partial charge in [-0.15, -0.1) is 24.0 Å². The second-order valence-corrected chi connectivity index (χ2v) is 5.47. The van der Waals surface area contributed by atoms with Crippen molar-refractivity contribution < 1.29 is 9.53 Å². The molecule has 7 heteroatoms. The molecule has 0 aliphatic carbocycles. The predicted octanol–water partition coefficient (Wildman–Crippen LogP) is 1.65. The van der Waals surface area contributed by atoms with Crippen LogP contribution in [0, 0.1) is 0 Å². The van der Waals surface area contributed by atoms with E-state index in [1.54, 1.807) is 0 Å². The molecule has 1 aromatic rings. The van der Waals surface area contributed by atoms with E-state index in [-0.39, 0.29) is 42.5 Å². The van der Waals surface area contributed by atoms with Gasteiger partial charge in [0.25, 0.3) is 0 Å². The molecule has 0 saturated carbocycles. The summed E-state index contributed by atoms with van der Waals surface area (Å²) in [5, 5.41) is 9.23. The fourth-order valence-corrected chi connectivity index (χ4v) is 2.36. The van der Waals surface area contributed by atoms with E-state index in [1.165, 1.54) is 0 Å². The molecule has 0 radical (unpaired) electrons. The molecule has 6 nitrogen and oxygen atoms in total. The van der Waals surface area contributed by atoms with Crippen LogP contribution in [0.1, 0.15) is 25.3 Å². The zero-order chi connectivity index (χ0) is 16.3. The number of hydrogen-bond donors (Lipinski definition) is 3. The zero-order valence-electron chi connectivity index (χ0n) is 14.1. The number of rotatable bonds is 7. The summed E-state index contributed by atoms with van der Waals surface area (Å²) >= 11 is 0. The summed E-state index contributed by atoms with van der Waals surface area (Å²) in [4.78, 5) is 16.2. The van der Waals surface area contributed by atoms with Gasteiger partial charge in [0, 0.05) is 26.2 Å². The van der Waals surface area contributed by atoms with Crippen LogP contribution in [0.25, 0.3) is 0 Å². The smallest absolute Gasteiger partial charge is 0.242 e.